The molecule has 24 heavy (non-hydrogen) atoms. The van der Waals surface area contributed by atoms with Crippen LogP contribution in [-0.4, -0.2) is 58.3 Å². The topological polar surface area (TPSA) is 52.7 Å². The molecule has 0 aliphatic carbocycles. The lowest BCUT2D eigenvalue weighted by Gasteiger charge is -2.50. The average molecular weight is 350 g/mol. The van der Waals surface area contributed by atoms with Gasteiger partial charge < -0.3 is 4.90 Å². The second-order valence-corrected chi connectivity index (χ2v) is 9.47. The highest BCUT2D eigenvalue weighted by atomic mass is 32.2. The summed E-state index contributed by atoms with van der Waals surface area (Å²) in [6.45, 7) is 5.08. The molecule has 4 atom stereocenters. The van der Waals surface area contributed by atoms with Crippen molar-refractivity contribution >= 4 is 15.7 Å². The Balaban J connectivity index is 1.38. The Kier molecular flexibility index (Phi) is 4.31. The van der Waals surface area contributed by atoms with E-state index in [0.29, 0.717) is 18.5 Å². The number of hydrogen-bond donors (Lipinski definition) is 1. The van der Waals surface area contributed by atoms with Crippen molar-refractivity contribution in [1.29, 1.82) is 0 Å². The molecule has 5 nitrogen and oxygen atoms in total. The lowest BCUT2D eigenvalue weighted by atomic mass is 9.75. The summed E-state index contributed by atoms with van der Waals surface area (Å²) in [6, 6.07) is 9.15. The summed E-state index contributed by atoms with van der Waals surface area (Å²) in [6.07, 6.45) is 4.80. The third kappa shape index (κ3) is 3.32. The Labute approximate surface area is 145 Å². The molecular weight excluding hydrogens is 322 g/mol. The second kappa shape index (κ2) is 6.32. The van der Waals surface area contributed by atoms with E-state index >= 15 is 0 Å². The predicted molar refractivity (Wildman–Crippen MR) is 96.8 cm³/mol. The van der Waals surface area contributed by atoms with Crippen molar-refractivity contribution in [2.75, 3.05) is 43.9 Å². The maximum Gasteiger partial charge on any atom is 0.208 e. The van der Waals surface area contributed by atoms with E-state index in [2.05, 4.69) is 38.8 Å². The van der Waals surface area contributed by atoms with Gasteiger partial charge in [0.2, 0.25) is 10.0 Å². The molecule has 3 fully saturated rings. The minimum absolute atomic E-state index is 0.376. The van der Waals surface area contributed by atoms with Crippen molar-refractivity contribution in [3.8, 4) is 0 Å². The average Bonchev–Trinajstić information content (AvgIpc) is 2.96. The Morgan fingerprint density at radius 2 is 2.08 bits per heavy atom. The quantitative estimate of drug-likeness (QED) is 0.871. The molecule has 1 aromatic carbocycles. The maximum absolute atomic E-state index is 11.4. The van der Waals surface area contributed by atoms with Crippen molar-refractivity contribution < 1.29 is 8.42 Å². The second-order valence-electron chi connectivity index (χ2n) is 7.64. The zero-order valence-corrected chi connectivity index (χ0v) is 15.1. The van der Waals surface area contributed by atoms with Crippen LogP contribution in [0.25, 0.3) is 0 Å². The number of anilines is 1. The third-order valence-corrected chi connectivity index (χ3v) is 6.72. The van der Waals surface area contributed by atoms with Gasteiger partial charge in [-0.05, 0) is 49.3 Å². The number of sulfonamides is 1. The summed E-state index contributed by atoms with van der Waals surface area (Å²) in [7, 11) is -3.09. The third-order valence-electron chi connectivity index (χ3n) is 6.03. The van der Waals surface area contributed by atoms with Gasteiger partial charge in [0, 0.05) is 37.9 Å². The van der Waals surface area contributed by atoms with Gasteiger partial charge in [-0.1, -0.05) is 18.2 Å². The number of hydrogen-bond acceptors (Lipinski definition) is 4. The van der Waals surface area contributed by atoms with E-state index in [-0.39, 0.29) is 0 Å². The Morgan fingerprint density at radius 1 is 1.25 bits per heavy atom. The van der Waals surface area contributed by atoms with E-state index in [1.807, 2.05) is 0 Å². The first-order valence-corrected chi connectivity index (χ1v) is 10.9. The number of rotatable bonds is 5. The number of fused-ring (bicyclic) bond motifs is 4. The summed E-state index contributed by atoms with van der Waals surface area (Å²) in [5.74, 6) is 1.44. The van der Waals surface area contributed by atoms with Gasteiger partial charge in [-0.2, -0.15) is 0 Å². The van der Waals surface area contributed by atoms with Gasteiger partial charge in [-0.15, -0.1) is 0 Å². The van der Waals surface area contributed by atoms with Crippen molar-refractivity contribution in [3.63, 3.8) is 0 Å². The van der Waals surface area contributed by atoms with Gasteiger partial charge in [0.15, 0.2) is 0 Å². The molecule has 5 rings (SSSR count). The van der Waals surface area contributed by atoms with Gasteiger partial charge >= 0.3 is 0 Å². The molecule has 132 valence electrons. The number of piperidine rings is 3. The summed E-state index contributed by atoms with van der Waals surface area (Å²) in [4.78, 5) is 5.07. The maximum atomic E-state index is 11.4. The van der Waals surface area contributed by atoms with Crippen LogP contribution in [0.4, 0.5) is 5.69 Å². The molecule has 1 aromatic rings. The molecule has 3 saturated heterocycles. The molecule has 4 aliphatic heterocycles. The van der Waals surface area contributed by atoms with Crippen LogP contribution in [0, 0.1) is 11.8 Å². The first kappa shape index (κ1) is 16.4. The Bertz CT molecular complexity index is 706. The molecule has 2 bridgehead atoms. The van der Waals surface area contributed by atoms with Crippen LogP contribution in [0.5, 0.6) is 0 Å². The van der Waals surface area contributed by atoms with Gasteiger partial charge in [0.05, 0.1) is 6.26 Å². The van der Waals surface area contributed by atoms with Crippen LogP contribution in [0.2, 0.25) is 0 Å². The highest BCUT2D eigenvalue weighted by Crippen LogP contribution is 2.38. The van der Waals surface area contributed by atoms with Crippen molar-refractivity contribution in [2.24, 2.45) is 11.8 Å². The summed E-state index contributed by atoms with van der Waals surface area (Å²) < 4.78 is 25.4. The van der Waals surface area contributed by atoms with E-state index in [4.69, 9.17) is 0 Å². The minimum Gasteiger partial charge on any atom is -0.371 e. The smallest absolute Gasteiger partial charge is 0.208 e. The highest BCUT2D eigenvalue weighted by molar-refractivity contribution is 7.88. The van der Waals surface area contributed by atoms with Crippen LogP contribution in [0.3, 0.4) is 0 Å². The number of para-hydroxylation sites is 1. The molecule has 0 amide bonds. The monoisotopic (exact) mass is 349 g/mol. The molecule has 4 aliphatic rings. The highest BCUT2D eigenvalue weighted by Gasteiger charge is 2.41. The van der Waals surface area contributed by atoms with Crippen LogP contribution < -0.4 is 9.62 Å². The predicted octanol–water partition coefficient (Wildman–Crippen LogP) is 1.31. The molecule has 0 aromatic heterocycles. The first-order valence-electron chi connectivity index (χ1n) is 9.01. The van der Waals surface area contributed by atoms with Crippen LogP contribution in [0.15, 0.2) is 24.3 Å². The van der Waals surface area contributed by atoms with Crippen LogP contribution >= 0.6 is 0 Å². The normalized spacial score (nSPS) is 32.1. The Morgan fingerprint density at radius 3 is 2.83 bits per heavy atom. The molecule has 6 heteroatoms. The SMILES string of the molecule is CS(=O)(=O)NC[C@H]1C[C@H]2CCN1C[C@@H]2CN1CCc2ccccc21. The molecule has 0 radical (unpaired) electrons. The van der Waals surface area contributed by atoms with Gasteiger partial charge in [-0.3, -0.25) is 4.90 Å². The van der Waals surface area contributed by atoms with Crippen molar-refractivity contribution in [3.05, 3.63) is 29.8 Å². The summed E-state index contributed by atoms with van der Waals surface area (Å²) >= 11 is 0. The number of nitrogens with one attached hydrogen (secondary N) is 1. The fraction of sp³-hybridized carbons (Fsp3) is 0.667. The fourth-order valence-electron chi connectivity index (χ4n) is 4.80. The Hall–Kier alpha value is -1.11. The van der Waals surface area contributed by atoms with Crippen LogP contribution in [0.1, 0.15) is 18.4 Å². The summed E-state index contributed by atoms with van der Waals surface area (Å²) in [5, 5.41) is 0. The number of benzene rings is 1. The zero-order chi connectivity index (χ0) is 16.7. The molecule has 1 N–H and O–H groups in total. The van der Waals surface area contributed by atoms with Gasteiger partial charge in [-0.25, -0.2) is 13.1 Å². The molecule has 0 saturated carbocycles. The van der Waals surface area contributed by atoms with Crippen molar-refractivity contribution in [1.82, 2.24) is 9.62 Å². The largest absolute Gasteiger partial charge is 0.371 e. The molecular formula is C18H27N3O2S. The molecule has 1 unspecified atom stereocenters. The first-order chi connectivity index (χ1) is 11.5. The minimum atomic E-state index is -3.09. The molecule has 0 spiro atoms. The lowest BCUT2D eigenvalue weighted by molar-refractivity contribution is 0.00672. The lowest BCUT2D eigenvalue weighted by Crippen LogP contribution is -2.58. The van der Waals surface area contributed by atoms with E-state index < -0.39 is 10.0 Å². The number of nitrogens with zero attached hydrogens (tertiary/aromatic N) is 2. The van der Waals surface area contributed by atoms with E-state index in [9.17, 15) is 8.42 Å². The van der Waals surface area contributed by atoms with Gasteiger partial charge in [0.25, 0.3) is 0 Å². The zero-order valence-electron chi connectivity index (χ0n) is 14.3. The van der Waals surface area contributed by atoms with Crippen LogP contribution in [-0.2, 0) is 16.4 Å². The van der Waals surface area contributed by atoms with Crippen molar-refractivity contribution in [2.45, 2.75) is 25.3 Å². The van der Waals surface area contributed by atoms with Gasteiger partial charge in [0.1, 0.15) is 0 Å². The molecule has 4 heterocycles. The van der Waals surface area contributed by atoms with E-state index in [1.54, 1.807) is 0 Å². The summed E-state index contributed by atoms with van der Waals surface area (Å²) in [5.41, 5.74) is 2.90. The standard InChI is InChI=1S/C18H27N3O2S/c1-24(22,23)19-11-17-10-15-7-8-20(17)12-16(15)13-21-9-6-14-4-2-3-5-18(14)21/h2-5,15-17,19H,6-13H2,1H3/t15-,16-,17-/m1/s1. The van der Waals surface area contributed by atoms with E-state index in [0.717, 1.165) is 44.9 Å². The fourth-order valence-corrected chi connectivity index (χ4v) is 5.29. The van der Waals surface area contributed by atoms with E-state index in [1.165, 1.54) is 23.9 Å².